The van der Waals surface area contributed by atoms with Crippen molar-refractivity contribution in [1.29, 1.82) is 0 Å². The molecule has 8 atom stereocenters. The van der Waals surface area contributed by atoms with Gasteiger partial charge in [0.15, 0.2) is 0 Å². The molecular formula is C32H60N4O2. The molecule has 4 fully saturated rings. The van der Waals surface area contributed by atoms with Crippen molar-refractivity contribution in [1.82, 2.24) is 10.3 Å². The average molecular weight is 533 g/mol. The van der Waals surface area contributed by atoms with Gasteiger partial charge < -0.3 is 15.8 Å². The van der Waals surface area contributed by atoms with Crippen LogP contribution in [0.2, 0.25) is 0 Å². The smallest absolute Gasteiger partial charge is 0.306 e. The van der Waals surface area contributed by atoms with Crippen LogP contribution in [0.5, 0.6) is 0 Å². The number of esters is 1. The zero-order valence-electron chi connectivity index (χ0n) is 25.2. The van der Waals surface area contributed by atoms with E-state index >= 15 is 0 Å². The highest BCUT2D eigenvalue weighted by Gasteiger charge is 2.59. The summed E-state index contributed by atoms with van der Waals surface area (Å²) in [6.45, 7) is 12.8. The van der Waals surface area contributed by atoms with Gasteiger partial charge in [-0.1, -0.05) is 13.8 Å². The molecule has 8 unspecified atom stereocenters. The molecule has 5 N–H and O–H groups in total. The highest BCUT2D eigenvalue weighted by molar-refractivity contribution is 5.69. The molecular weight excluding hydrogens is 472 g/mol. The van der Waals surface area contributed by atoms with Crippen LogP contribution >= 0.6 is 0 Å². The topological polar surface area (TPSA) is 93.6 Å². The summed E-state index contributed by atoms with van der Waals surface area (Å²) >= 11 is 0. The lowest BCUT2D eigenvalue weighted by atomic mass is 9.44. The number of ether oxygens (including phenoxy) is 1. The van der Waals surface area contributed by atoms with Crippen LogP contribution in [0.3, 0.4) is 0 Å². The van der Waals surface area contributed by atoms with E-state index in [2.05, 4.69) is 19.2 Å². The van der Waals surface area contributed by atoms with Gasteiger partial charge in [0.2, 0.25) is 0 Å². The fourth-order valence-corrected chi connectivity index (χ4v) is 9.84. The average Bonchev–Trinajstić information content (AvgIpc) is 3.21. The Kier molecular flexibility index (Phi) is 10.6. The van der Waals surface area contributed by atoms with Crippen molar-refractivity contribution in [3.63, 3.8) is 0 Å². The molecule has 0 radical (unpaired) electrons. The standard InChI is InChI=1S/C32H60N4O2/c1-23(2)38-30(37)9-5-8-24-11-13-28-27-12-10-25-22-26(35-19-7-21-36(34)20-6-18-33)14-16-32(25,4)29(27)15-17-31(24,28)3/h23-29,35H,5-22,33-34H2,1-4H3. The summed E-state index contributed by atoms with van der Waals surface area (Å²) in [5.41, 5.74) is 6.63. The highest BCUT2D eigenvalue weighted by Crippen LogP contribution is 2.67. The Balaban J connectivity index is 1.25. The van der Waals surface area contributed by atoms with E-state index in [9.17, 15) is 4.79 Å². The van der Waals surface area contributed by atoms with E-state index < -0.39 is 0 Å². The Hall–Kier alpha value is -0.690. The maximum Gasteiger partial charge on any atom is 0.306 e. The molecule has 6 nitrogen and oxygen atoms in total. The van der Waals surface area contributed by atoms with Gasteiger partial charge in [-0.15, -0.1) is 0 Å². The molecule has 0 bridgehead atoms. The first-order valence-corrected chi connectivity index (χ1v) is 16.3. The Morgan fingerprint density at radius 2 is 1.71 bits per heavy atom. The molecule has 6 heteroatoms. The first-order chi connectivity index (χ1) is 18.2. The minimum Gasteiger partial charge on any atom is -0.463 e. The second kappa shape index (κ2) is 13.3. The molecule has 0 spiro atoms. The van der Waals surface area contributed by atoms with Gasteiger partial charge in [-0.2, -0.15) is 0 Å². The Labute approximate surface area is 233 Å². The molecule has 0 aromatic heterocycles. The molecule has 0 saturated heterocycles. The summed E-state index contributed by atoms with van der Waals surface area (Å²) in [5.74, 6) is 10.5. The van der Waals surface area contributed by atoms with Crippen molar-refractivity contribution in [2.75, 3.05) is 26.2 Å². The van der Waals surface area contributed by atoms with E-state index in [1.54, 1.807) is 0 Å². The minimum atomic E-state index is -0.0105. The van der Waals surface area contributed by atoms with Crippen molar-refractivity contribution in [2.24, 2.45) is 52.0 Å². The van der Waals surface area contributed by atoms with E-state index in [0.29, 0.717) is 29.8 Å². The molecule has 0 aliphatic heterocycles. The molecule has 0 aromatic rings. The monoisotopic (exact) mass is 532 g/mol. The molecule has 220 valence electrons. The van der Waals surface area contributed by atoms with E-state index in [1.807, 2.05) is 18.9 Å². The number of hydrogen-bond donors (Lipinski definition) is 3. The number of nitrogens with one attached hydrogen (secondary N) is 1. The number of hydrazine groups is 1. The SMILES string of the molecule is CC(C)OC(=O)CCCC1CCC2C3CCC4CC(NCCCN(N)CCCN)CCC4(C)C3CCC12C. The number of rotatable bonds is 13. The van der Waals surface area contributed by atoms with Crippen LogP contribution in [0.25, 0.3) is 0 Å². The van der Waals surface area contributed by atoms with Gasteiger partial charge in [0, 0.05) is 25.6 Å². The van der Waals surface area contributed by atoms with Crippen LogP contribution in [0.1, 0.15) is 118 Å². The zero-order valence-corrected chi connectivity index (χ0v) is 25.2. The summed E-state index contributed by atoms with van der Waals surface area (Å²) < 4.78 is 5.38. The largest absolute Gasteiger partial charge is 0.463 e. The van der Waals surface area contributed by atoms with Crippen LogP contribution in [-0.4, -0.2) is 49.3 Å². The molecule has 0 aromatic carbocycles. The molecule has 0 amide bonds. The van der Waals surface area contributed by atoms with Gasteiger partial charge in [0.25, 0.3) is 0 Å². The van der Waals surface area contributed by atoms with Crippen molar-refractivity contribution in [2.45, 2.75) is 130 Å². The van der Waals surface area contributed by atoms with Crippen molar-refractivity contribution >= 4 is 5.97 Å². The lowest BCUT2D eigenvalue weighted by Crippen LogP contribution is -2.55. The van der Waals surface area contributed by atoms with Gasteiger partial charge in [-0.05, 0) is 151 Å². The van der Waals surface area contributed by atoms with Gasteiger partial charge in [0.05, 0.1) is 6.10 Å². The molecule has 4 rings (SSSR count). The molecule has 4 aliphatic rings. The molecule has 4 aliphatic carbocycles. The van der Waals surface area contributed by atoms with Crippen LogP contribution in [0.15, 0.2) is 0 Å². The quantitative estimate of drug-likeness (QED) is 0.123. The van der Waals surface area contributed by atoms with Crippen LogP contribution in [0, 0.1) is 40.4 Å². The first kappa shape index (κ1) is 30.3. The fraction of sp³-hybridized carbons (Fsp3) is 0.969. The lowest BCUT2D eigenvalue weighted by molar-refractivity contribution is -0.147. The summed E-state index contributed by atoms with van der Waals surface area (Å²) in [6, 6.07) is 0.687. The molecule has 0 heterocycles. The second-order valence-corrected chi connectivity index (χ2v) is 14.4. The summed E-state index contributed by atoms with van der Waals surface area (Å²) in [4.78, 5) is 12.1. The van der Waals surface area contributed by atoms with Crippen molar-refractivity contribution in [3.8, 4) is 0 Å². The first-order valence-electron chi connectivity index (χ1n) is 16.3. The van der Waals surface area contributed by atoms with E-state index in [0.717, 1.165) is 68.5 Å². The molecule has 38 heavy (non-hydrogen) atoms. The van der Waals surface area contributed by atoms with Crippen molar-refractivity contribution < 1.29 is 9.53 Å². The summed E-state index contributed by atoms with van der Waals surface area (Å²) in [5, 5.41) is 5.83. The lowest BCUT2D eigenvalue weighted by Gasteiger charge is -2.61. The fourth-order valence-electron chi connectivity index (χ4n) is 9.84. The third kappa shape index (κ3) is 6.78. The molecule has 4 saturated carbocycles. The Morgan fingerprint density at radius 3 is 2.47 bits per heavy atom. The van der Waals surface area contributed by atoms with Gasteiger partial charge >= 0.3 is 5.97 Å². The number of carbonyl (C=O) groups excluding carboxylic acids is 1. The number of nitrogens with zero attached hydrogens (tertiary/aromatic N) is 1. The number of nitrogens with two attached hydrogens (primary N) is 2. The van der Waals surface area contributed by atoms with Gasteiger partial charge in [0.1, 0.15) is 0 Å². The highest BCUT2D eigenvalue weighted by atomic mass is 16.5. The Morgan fingerprint density at radius 1 is 0.974 bits per heavy atom. The summed E-state index contributed by atoms with van der Waals surface area (Å²) in [7, 11) is 0. The van der Waals surface area contributed by atoms with E-state index in [4.69, 9.17) is 16.3 Å². The van der Waals surface area contributed by atoms with Gasteiger partial charge in [-0.25, -0.2) is 5.01 Å². The summed E-state index contributed by atoms with van der Waals surface area (Å²) in [6.07, 6.45) is 17.5. The second-order valence-electron chi connectivity index (χ2n) is 14.4. The van der Waals surface area contributed by atoms with Crippen LogP contribution in [-0.2, 0) is 9.53 Å². The van der Waals surface area contributed by atoms with E-state index in [1.165, 1.54) is 64.2 Å². The third-order valence-corrected chi connectivity index (χ3v) is 11.9. The van der Waals surface area contributed by atoms with Crippen LogP contribution in [0.4, 0.5) is 0 Å². The number of carbonyl (C=O) groups is 1. The predicted molar refractivity (Wildman–Crippen MR) is 156 cm³/mol. The number of fused-ring (bicyclic) bond motifs is 5. The predicted octanol–water partition coefficient (Wildman–Crippen LogP) is 5.64. The minimum absolute atomic E-state index is 0.00202. The van der Waals surface area contributed by atoms with E-state index in [-0.39, 0.29) is 12.1 Å². The number of hydrogen-bond acceptors (Lipinski definition) is 6. The zero-order chi connectivity index (χ0) is 27.3. The Bertz CT molecular complexity index is 762. The van der Waals surface area contributed by atoms with Crippen LogP contribution < -0.4 is 16.9 Å². The van der Waals surface area contributed by atoms with Gasteiger partial charge in [-0.3, -0.25) is 10.6 Å². The van der Waals surface area contributed by atoms with Crippen molar-refractivity contribution in [3.05, 3.63) is 0 Å². The maximum absolute atomic E-state index is 12.1. The normalized spacial score (nSPS) is 38.6. The maximum atomic E-state index is 12.1. The third-order valence-electron chi connectivity index (χ3n) is 11.9.